The van der Waals surface area contributed by atoms with Crippen LogP contribution in [0, 0.1) is 5.82 Å². The van der Waals surface area contributed by atoms with Crippen LogP contribution in [-0.2, 0) is 10.2 Å². The molecule has 0 bridgehead atoms. The first kappa shape index (κ1) is 20.8. The van der Waals surface area contributed by atoms with Crippen molar-refractivity contribution in [2.45, 2.75) is 36.7 Å². The number of fused-ring (bicyclic) bond motifs is 3. The molecule has 3 atom stereocenters. The molecule has 5 rings (SSSR count). The number of benzene rings is 2. The summed E-state index contributed by atoms with van der Waals surface area (Å²) in [6.07, 6.45) is 3.23. The number of hydrogen-bond donors (Lipinski definition) is 0. The van der Waals surface area contributed by atoms with E-state index < -0.39 is 0 Å². The molecule has 0 aromatic heterocycles. The van der Waals surface area contributed by atoms with Gasteiger partial charge in [-0.25, -0.2) is 4.39 Å². The Morgan fingerprint density at radius 2 is 1.94 bits per heavy atom. The number of hydrogen-bond acceptors (Lipinski definition) is 4. The second-order valence-corrected chi connectivity index (χ2v) is 9.64. The number of ether oxygens (including phenoxy) is 1. The number of piperidine rings is 1. The van der Waals surface area contributed by atoms with Gasteiger partial charge >= 0.3 is 0 Å². The maximum Gasteiger partial charge on any atom is 0.149 e. The Balaban J connectivity index is 1.24. The molecule has 3 aliphatic rings. The lowest BCUT2D eigenvalue weighted by Gasteiger charge is -2.42. The third kappa shape index (κ3) is 3.64. The molecule has 2 aromatic carbocycles. The zero-order valence-electron chi connectivity index (χ0n) is 19.0. The Kier molecular flexibility index (Phi) is 5.47. The molecule has 31 heavy (non-hydrogen) atoms. The third-order valence-corrected chi connectivity index (χ3v) is 7.91. The molecule has 0 spiro atoms. The summed E-state index contributed by atoms with van der Waals surface area (Å²) in [6.45, 7) is 5.64. The zero-order valence-corrected chi connectivity index (χ0v) is 19.0. The van der Waals surface area contributed by atoms with E-state index in [4.69, 9.17) is 4.74 Å². The van der Waals surface area contributed by atoms with E-state index in [1.54, 1.807) is 12.7 Å². The maximum atomic E-state index is 13.3. The van der Waals surface area contributed by atoms with Crippen LogP contribution in [0.5, 0.6) is 0 Å². The van der Waals surface area contributed by atoms with Gasteiger partial charge in [0.15, 0.2) is 0 Å². The van der Waals surface area contributed by atoms with Crippen LogP contribution in [0.1, 0.15) is 36.3 Å². The molecule has 0 N–H and O–H groups in total. The topological polar surface area (TPSA) is 19.0 Å². The highest BCUT2D eigenvalue weighted by atomic mass is 19.1. The minimum absolute atomic E-state index is 0.200. The van der Waals surface area contributed by atoms with Crippen molar-refractivity contribution in [3.05, 3.63) is 59.4 Å². The van der Waals surface area contributed by atoms with Gasteiger partial charge in [0.2, 0.25) is 0 Å². The fourth-order valence-electron chi connectivity index (χ4n) is 5.99. The Morgan fingerprint density at radius 1 is 1.13 bits per heavy atom. The highest BCUT2D eigenvalue weighted by Crippen LogP contribution is 2.50. The highest BCUT2D eigenvalue weighted by molar-refractivity contribution is 6.14. The molecule has 3 aliphatic heterocycles. The fourth-order valence-corrected chi connectivity index (χ4v) is 5.99. The third-order valence-electron chi connectivity index (χ3n) is 7.91. The van der Waals surface area contributed by atoms with Crippen LogP contribution >= 0.6 is 0 Å². The van der Waals surface area contributed by atoms with Gasteiger partial charge in [0.1, 0.15) is 13.7 Å². The molecule has 0 aliphatic carbocycles. The van der Waals surface area contributed by atoms with Crippen molar-refractivity contribution < 1.29 is 9.13 Å². The Hall–Kier alpha value is -2.05. The van der Waals surface area contributed by atoms with E-state index in [1.807, 2.05) is 12.1 Å². The molecule has 1 unspecified atom stereocenters. The minimum atomic E-state index is -0.374. The van der Waals surface area contributed by atoms with Gasteiger partial charge in [-0.2, -0.15) is 0 Å². The van der Waals surface area contributed by atoms with Crippen LogP contribution in [0.25, 0.3) is 0 Å². The predicted molar refractivity (Wildman–Crippen MR) is 128 cm³/mol. The average molecular weight is 421 g/mol. The summed E-state index contributed by atoms with van der Waals surface area (Å²) < 4.78 is 19.2. The lowest BCUT2D eigenvalue weighted by atomic mass is 9.72. The van der Waals surface area contributed by atoms with Crippen molar-refractivity contribution in [2.24, 2.45) is 0 Å². The maximum absolute atomic E-state index is 13.3. The quantitative estimate of drug-likeness (QED) is 0.667. The highest BCUT2D eigenvalue weighted by Gasteiger charge is 2.44. The van der Waals surface area contributed by atoms with Gasteiger partial charge in [-0.15, -0.1) is 0 Å². The normalized spacial score (nSPS) is 24.6. The van der Waals surface area contributed by atoms with Crippen molar-refractivity contribution in [3.8, 4) is 0 Å². The van der Waals surface area contributed by atoms with E-state index >= 15 is 0 Å². The first-order chi connectivity index (χ1) is 15.0. The van der Waals surface area contributed by atoms with E-state index in [0.717, 1.165) is 51.1 Å². The summed E-state index contributed by atoms with van der Waals surface area (Å²) in [5.41, 5.74) is 5.12. The molecule has 0 amide bonds. The molecule has 0 saturated carbocycles. The molecule has 6 heteroatoms. The molecular formula is C25H33BFN3O. The summed E-state index contributed by atoms with van der Waals surface area (Å²) in [6, 6.07) is 14.3. The second kappa shape index (κ2) is 8.14. The number of halogens is 1. The summed E-state index contributed by atoms with van der Waals surface area (Å²) >= 11 is 0. The van der Waals surface area contributed by atoms with Gasteiger partial charge in [0, 0.05) is 52.3 Å². The molecule has 1 fully saturated rings. The van der Waals surface area contributed by atoms with Crippen molar-refractivity contribution in [1.82, 2.24) is 4.90 Å². The molecular weight excluding hydrogens is 388 g/mol. The predicted octanol–water partition coefficient (Wildman–Crippen LogP) is 3.17. The molecule has 1 saturated heterocycles. The second-order valence-electron chi connectivity index (χ2n) is 9.64. The van der Waals surface area contributed by atoms with E-state index in [-0.39, 0.29) is 11.3 Å². The van der Waals surface area contributed by atoms with Crippen LogP contribution in [0.2, 0.25) is 0 Å². The number of rotatable bonds is 6. The molecule has 3 heterocycles. The van der Waals surface area contributed by atoms with Gasteiger partial charge in [0.25, 0.3) is 0 Å². The Bertz CT molecular complexity index is 939. The smallest absolute Gasteiger partial charge is 0.149 e. The lowest BCUT2D eigenvalue weighted by molar-refractivity contribution is 0.0475. The average Bonchev–Trinajstić information content (AvgIpc) is 3.11. The summed E-state index contributed by atoms with van der Waals surface area (Å²) in [7, 11) is 6.09. The van der Waals surface area contributed by atoms with Crippen molar-refractivity contribution in [2.75, 3.05) is 56.7 Å². The van der Waals surface area contributed by atoms with E-state index in [9.17, 15) is 4.39 Å². The number of nitrogens with zero attached hydrogens (tertiary/aromatic N) is 3. The number of anilines is 2. The van der Waals surface area contributed by atoms with E-state index in [2.05, 4.69) is 47.8 Å². The summed E-state index contributed by atoms with van der Waals surface area (Å²) in [4.78, 5) is 7.75. The van der Waals surface area contributed by atoms with Crippen molar-refractivity contribution >= 4 is 19.2 Å². The number of methoxy groups -OCH3 is 1. The number of likely N-dealkylation sites (tertiary alicyclic amines) is 1. The number of para-hydroxylation sites is 1. The van der Waals surface area contributed by atoms with Crippen molar-refractivity contribution in [3.63, 3.8) is 0 Å². The summed E-state index contributed by atoms with van der Waals surface area (Å²) in [5, 5.41) is 0. The van der Waals surface area contributed by atoms with Crippen LogP contribution in [0.3, 0.4) is 0 Å². The lowest BCUT2D eigenvalue weighted by Crippen LogP contribution is -2.49. The standard InChI is InChI=1S/C25H33BFN3O/c1-28-15-16-30-22-11-14-29(17-21(22)20-5-3-6-23(28)24(20)30)13-4-12-25(26,31-2)18-7-9-19(27)10-8-18/h3,5-10,21-22H,4,11-17,26H2,1-2H3/t21-,22-,25?/m0/s1. The van der Waals surface area contributed by atoms with Crippen LogP contribution in [-0.4, -0.2) is 65.7 Å². The molecule has 164 valence electrons. The zero-order chi connectivity index (χ0) is 21.6. The van der Waals surface area contributed by atoms with Crippen LogP contribution < -0.4 is 9.80 Å². The molecule has 4 nitrogen and oxygen atoms in total. The number of likely N-dealkylation sites (N-methyl/N-ethyl adjacent to an activating group) is 1. The monoisotopic (exact) mass is 421 g/mol. The van der Waals surface area contributed by atoms with Gasteiger partial charge in [-0.1, -0.05) is 24.3 Å². The first-order valence-corrected chi connectivity index (χ1v) is 11.6. The van der Waals surface area contributed by atoms with Gasteiger partial charge in [0.05, 0.1) is 16.9 Å². The van der Waals surface area contributed by atoms with Gasteiger partial charge < -0.3 is 19.4 Å². The van der Waals surface area contributed by atoms with Gasteiger partial charge in [-0.05, 0) is 55.1 Å². The van der Waals surface area contributed by atoms with Gasteiger partial charge in [-0.3, -0.25) is 0 Å². The van der Waals surface area contributed by atoms with Crippen LogP contribution in [0.15, 0.2) is 42.5 Å². The minimum Gasteiger partial charge on any atom is -0.383 e. The van der Waals surface area contributed by atoms with Crippen molar-refractivity contribution in [1.29, 1.82) is 0 Å². The Morgan fingerprint density at radius 3 is 2.71 bits per heavy atom. The summed E-state index contributed by atoms with van der Waals surface area (Å²) in [5.74, 6) is 0.412. The SMILES string of the molecule is BC(CCCN1CC[C@H]2[C@@H](C1)c1cccc3c1N2CCN3C)(OC)c1ccc(F)cc1. The largest absolute Gasteiger partial charge is 0.383 e. The Labute approximate surface area is 186 Å². The van der Waals surface area contributed by atoms with E-state index in [1.165, 1.54) is 29.9 Å². The van der Waals surface area contributed by atoms with E-state index in [0.29, 0.717) is 12.0 Å². The van der Waals surface area contributed by atoms with Crippen LogP contribution in [0.4, 0.5) is 15.8 Å². The fraction of sp³-hybridized carbons (Fsp3) is 0.520. The molecule has 0 radical (unpaired) electrons. The first-order valence-electron chi connectivity index (χ1n) is 11.6. The molecule has 2 aromatic rings.